The zero-order valence-corrected chi connectivity index (χ0v) is 12.6. The topological polar surface area (TPSA) is 61.6 Å². The highest BCUT2D eigenvalue weighted by atomic mass is 16.3. The van der Waals surface area contributed by atoms with Gasteiger partial charge >= 0.3 is 0 Å². The van der Waals surface area contributed by atoms with Crippen LogP contribution in [0.25, 0.3) is 0 Å². The molecule has 3 rings (SSSR count). The van der Waals surface area contributed by atoms with Crippen molar-refractivity contribution in [2.45, 2.75) is 13.0 Å². The lowest BCUT2D eigenvalue weighted by molar-refractivity contribution is -0.134. The molecule has 1 fully saturated rings. The second kappa shape index (κ2) is 6.09. The zero-order chi connectivity index (χ0) is 15.5. The summed E-state index contributed by atoms with van der Waals surface area (Å²) in [5, 5.41) is 9.34. The molecular weight excluding hydrogens is 280 g/mol. The highest BCUT2D eigenvalue weighted by Crippen LogP contribution is 2.20. The van der Waals surface area contributed by atoms with Gasteiger partial charge < -0.3 is 19.5 Å². The molecule has 116 valence electrons. The van der Waals surface area contributed by atoms with Crippen LogP contribution in [0, 0.1) is 0 Å². The van der Waals surface area contributed by atoms with Gasteiger partial charge in [0.25, 0.3) is 0 Å². The molecule has 6 nitrogen and oxygen atoms in total. The number of piperazine rings is 1. The molecule has 0 aliphatic carbocycles. The molecule has 0 radical (unpaired) electrons. The Kier molecular flexibility index (Phi) is 4.00. The third-order valence-electron chi connectivity index (χ3n) is 4.14. The van der Waals surface area contributed by atoms with Crippen molar-refractivity contribution in [2.75, 3.05) is 31.1 Å². The highest BCUT2D eigenvalue weighted by molar-refractivity contribution is 5.80. The molecule has 2 heterocycles. The zero-order valence-electron chi connectivity index (χ0n) is 12.6. The van der Waals surface area contributed by atoms with Crippen LogP contribution in [-0.2, 0) is 4.79 Å². The Balaban J connectivity index is 1.59. The number of hydrogen-bond donors (Lipinski definition) is 1. The summed E-state index contributed by atoms with van der Waals surface area (Å²) in [6.07, 6.45) is 5.18. The van der Waals surface area contributed by atoms with Crippen molar-refractivity contribution in [3.63, 3.8) is 0 Å². The number of amides is 1. The molecule has 2 aromatic rings. The summed E-state index contributed by atoms with van der Waals surface area (Å²) >= 11 is 0. The molecule has 1 aliphatic rings. The van der Waals surface area contributed by atoms with Gasteiger partial charge in [-0.15, -0.1) is 0 Å². The molecule has 1 aromatic carbocycles. The lowest BCUT2D eigenvalue weighted by Crippen LogP contribution is -2.50. The molecule has 0 bridgehead atoms. The van der Waals surface area contributed by atoms with Gasteiger partial charge in [-0.2, -0.15) is 0 Å². The molecule has 1 atom stereocenters. The molecule has 1 aromatic heterocycles. The van der Waals surface area contributed by atoms with Crippen molar-refractivity contribution in [3.05, 3.63) is 43.0 Å². The van der Waals surface area contributed by atoms with Crippen LogP contribution in [0.4, 0.5) is 5.69 Å². The molecule has 1 amide bonds. The number of imidazole rings is 1. The number of carbonyl (C=O) groups excluding carboxylic acids is 1. The number of hydrogen-bond acceptors (Lipinski definition) is 4. The van der Waals surface area contributed by atoms with Crippen molar-refractivity contribution in [3.8, 4) is 5.75 Å². The number of anilines is 1. The van der Waals surface area contributed by atoms with Crippen LogP contribution in [0.3, 0.4) is 0 Å². The first kappa shape index (κ1) is 14.4. The minimum Gasteiger partial charge on any atom is -0.508 e. The van der Waals surface area contributed by atoms with E-state index in [0.717, 1.165) is 18.8 Å². The van der Waals surface area contributed by atoms with Gasteiger partial charge in [0.1, 0.15) is 11.8 Å². The fourth-order valence-electron chi connectivity index (χ4n) is 2.74. The normalized spacial score (nSPS) is 16.6. The second-order valence-corrected chi connectivity index (χ2v) is 5.51. The summed E-state index contributed by atoms with van der Waals surface area (Å²) in [6, 6.07) is 6.96. The van der Waals surface area contributed by atoms with Gasteiger partial charge in [-0.05, 0) is 31.2 Å². The molecule has 0 spiro atoms. The maximum atomic E-state index is 12.5. The van der Waals surface area contributed by atoms with Crippen LogP contribution in [0.15, 0.2) is 43.0 Å². The molecule has 1 aliphatic heterocycles. The summed E-state index contributed by atoms with van der Waals surface area (Å²) in [5.74, 6) is 0.398. The lowest BCUT2D eigenvalue weighted by Gasteiger charge is -2.37. The first-order valence-corrected chi connectivity index (χ1v) is 7.45. The molecule has 1 saturated heterocycles. The smallest absolute Gasteiger partial charge is 0.245 e. The van der Waals surface area contributed by atoms with E-state index in [4.69, 9.17) is 0 Å². The SMILES string of the molecule is C[C@H](C(=O)N1CCN(c2ccc(O)cc2)CC1)n1ccnc1. The summed E-state index contributed by atoms with van der Waals surface area (Å²) < 4.78 is 1.83. The Morgan fingerprint density at radius 1 is 1.18 bits per heavy atom. The van der Waals surface area contributed by atoms with Crippen molar-refractivity contribution in [1.29, 1.82) is 0 Å². The van der Waals surface area contributed by atoms with E-state index in [1.54, 1.807) is 24.7 Å². The number of aromatic hydroxyl groups is 1. The summed E-state index contributed by atoms with van der Waals surface area (Å²) in [7, 11) is 0. The Labute approximate surface area is 129 Å². The minimum atomic E-state index is -0.220. The summed E-state index contributed by atoms with van der Waals surface area (Å²) in [6.45, 7) is 4.91. The Morgan fingerprint density at radius 3 is 2.45 bits per heavy atom. The van der Waals surface area contributed by atoms with Crippen molar-refractivity contribution < 1.29 is 9.90 Å². The fraction of sp³-hybridized carbons (Fsp3) is 0.375. The molecule has 22 heavy (non-hydrogen) atoms. The van der Waals surface area contributed by atoms with Gasteiger partial charge in [-0.1, -0.05) is 0 Å². The van der Waals surface area contributed by atoms with Crippen molar-refractivity contribution in [2.24, 2.45) is 0 Å². The van der Waals surface area contributed by atoms with Crippen LogP contribution in [0.2, 0.25) is 0 Å². The third kappa shape index (κ3) is 2.90. The first-order chi connectivity index (χ1) is 10.6. The third-order valence-corrected chi connectivity index (χ3v) is 4.14. The van der Waals surface area contributed by atoms with Crippen molar-refractivity contribution >= 4 is 11.6 Å². The summed E-state index contributed by atoms with van der Waals surface area (Å²) in [4.78, 5) is 20.6. The van der Waals surface area contributed by atoms with E-state index in [0.29, 0.717) is 13.1 Å². The number of phenolic OH excluding ortho intramolecular Hbond substituents is 1. The van der Waals surface area contributed by atoms with E-state index < -0.39 is 0 Å². The maximum Gasteiger partial charge on any atom is 0.245 e. The minimum absolute atomic E-state index is 0.128. The molecule has 1 N–H and O–H groups in total. The van der Waals surface area contributed by atoms with Crippen LogP contribution in [0.1, 0.15) is 13.0 Å². The predicted octanol–water partition coefficient (Wildman–Crippen LogP) is 1.50. The van der Waals surface area contributed by atoms with Crippen LogP contribution >= 0.6 is 0 Å². The predicted molar refractivity (Wildman–Crippen MR) is 83.8 cm³/mol. The molecule has 6 heteroatoms. The lowest BCUT2D eigenvalue weighted by atomic mass is 10.2. The fourth-order valence-corrected chi connectivity index (χ4v) is 2.74. The van der Waals surface area contributed by atoms with Gasteiger partial charge in [0.15, 0.2) is 0 Å². The summed E-state index contributed by atoms with van der Waals surface area (Å²) in [5.41, 5.74) is 1.08. The number of nitrogens with zero attached hydrogens (tertiary/aromatic N) is 4. The number of rotatable bonds is 3. The van der Waals surface area contributed by atoms with Crippen molar-refractivity contribution in [1.82, 2.24) is 14.5 Å². The number of aromatic nitrogens is 2. The Morgan fingerprint density at radius 2 is 1.86 bits per heavy atom. The van der Waals surface area contributed by atoms with Gasteiger partial charge in [-0.25, -0.2) is 4.98 Å². The number of carbonyl (C=O) groups is 1. The standard InChI is InChI=1S/C16H20N4O2/c1-13(20-7-6-17-12-20)16(22)19-10-8-18(9-11-19)14-2-4-15(21)5-3-14/h2-7,12-13,21H,8-11H2,1H3/t13-/m1/s1. The second-order valence-electron chi connectivity index (χ2n) is 5.51. The van der Waals surface area contributed by atoms with E-state index in [-0.39, 0.29) is 17.7 Å². The van der Waals surface area contributed by atoms with Crippen LogP contribution < -0.4 is 4.90 Å². The highest BCUT2D eigenvalue weighted by Gasteiger charge is 2.25. The Bertz CT molecular complexity index is 616. The largest absolute Gasteiger partial charge is 0.508 e. The quantitative estimate of drug-likeness (QED) is 0.933. The van der Waals surface area contributed by atoms with E-state index in [2.05, 4.69) is 9.88 Å². The van der Waals surface area contributed by atoms with Gasteiger partial charge in [0, 0.05) is 44.3 Å². The molecule has 0 saturated carbocycles. The average molecular weight is 300 g/mol. The monoisotopic (exact) mass is 300 g/mol. The van der Waals surface area contributed by atoms with E-state index in [1.165, 1.54) is 0 Å². The van der Waals surface area contributed by atoms with Gasteiger partial charge in [0.05, 0.1) is 6.33 Å². The van der Waals surface area contributed by atoms with E-state index in [1.807, 2.05) is 34.7 Å². The Hall–Kier alpha value is -2.50. The van der Waals surface area contributed by atoms with Gasteiger partial charge in [-0.3, -0.25) is 4.79 Å². The van der Waals surface area contributed by atoms with Crippen LogP contribution in [0.5, 0.6) is 5.75 Å². The number of phenols is 1. The molecular formula is C16H20N4O2. The average Bonchev–Trinajstić information content (AvgIpc) is 3.09. The van der Waals surface area contributed by atoms with E-state index in [9.17, 15) is 9.90 Å². The molecule has 0 unspecified atom stereocenters. The van der Waals surface area contributed by atoms with Gasteiger partial charge in [0.2, 0.25) is 5.91 Å². The maximum absolute atomic E-state index is 12.5. The first-order valence-electron chi connectivity index (χ1n) is 7.45. The van der Waals surface area contributed by atoms with Crippen LogP contribution in [-0.4, -0.2) is 51.6 Å². The number of benzene rings is 1. The van der Waals surface area contributed by atoms with E-state index >= 15 is 0 Å².